The lowest BCUT2D eigenvalue weighted by Crippen LogP contribution is -2.32. The maximum absolute atomic E-state index is 5.76. The Hall–Kier alpha value is -2.73. The number of nitrogens with zero attached hydrogens (tertiary/aromatic N) is 4. The molecule has 1 aliphatic rings. The van der Waals surface area contributed by atoms with Crippen molar-refractivity contribution >= 4 is 22.7 Å². The number of rotatable bonds is 5. The van der Waals surface area contributed by atoms with Gasteiger partial charge in [-0.05, 0) is 55.1 Å². The number of piperidine rings is 1. The summed E-state index contributed by atoms with van der Waals surface area (Å²) in [6, 6.07) is 12.3. The number of nitrogens with two attached hydrogens (primary N) is 1. The van der Waals surface area contributed by atoms with Crippen LogP contribution in [0.5, 0.6) is 0 Å². The highest BCUT2D eigenvalue weighted by Gasteiger charge is 2.16. The number of nitrogen functional groups attached to an aromatic ring is 1. The molecule has 3 N–H and O–H groups in total. The van der Waals surface area contributed by atoms with Gasteiger partial charge in [0.1, 0.15) is 18.0 Å². The van der Waals surface area contributed by atoms with E-state index in [2.05, 4.69) is 56.4 Å². The summed E-state index contributed by atoms with van der Waals surface area (Å²) in [6.45, 7) is 6.45. The predicted octanol–water partition coefficient (Wildman–Crippen LogP) is 3.45. The normalized spacial score (nSPS) is 15.9. The van der Waals surface area contributed by atoms with Crippen LogP contribution in [0.25, 0.3) is 11.0 Å². The molecule has 6 nitrogen and oxygen atoms in total. The van der Waals surface area contributed by atoms with Crippen molar-refractivity contribution in [1.29, 1.82) is 0 Å². The number of hydrogen-bond donors (Lipinski definition) is 2. The average Bonchev–Trinajstić information content (AvgIpc) is 2.69. The summed E-state index contributed by atoms with van der Waals surface area (Å²) < 4.78 is 0. The molecule has 140 valence electrons. The molecule has 6 heteroatoms. The maximum atomic E-state index is 5.76. The van der Waals surface area contributed by atoms with Crippen molar-refractivity contribution in [3.63, 3.8) is 0 Å². The third kappa shape index (κ3) is 4.17. The lowest BCUT2D eigenvalue weighted by atomic mass is 9.98. The number of likely N-dealkylation sites (tertiary alicyclic amines) is 1. The molecular weight excluding hydrogens is 336 g/mol. The fraction of sp³-hybridized carbons (Fsp3) is 0.381. The summed E-state index contributed by atoms with van der Waals surface area (Å²) in [5, 5.41) is 4.34. The highest BCUT2D eigenvalue weighted by Crippen LogP contribution is 2.22. The molecule has 1 aromatic carbocycles. The minimum atomic E-state index is 0.466. The van der Waals surface area contributed by atoms with Gasteiger partial charge in [-0.2, -0.15) is 0 Å². The largest absolute Gasteiger partial charge is 0.384 e. The van der Waals surface area contributed by atoms with Gasteiger partial charge in [-0.15, -0.1) is 0 Å². The highest BCUT2D eigenvalue weighted by molar-refractivity contribution is 5.87. The smallest absolute Gasteiger partial charge is 0.166 e. The molecule has 1 fully saturated rings. The molecule has 0 saturated carbocycles. The van der Waals surface area contributed by atoms with Crippen LogP contribution in [0, 0.1) is 5.92 Å². The van der Waals surface area contributed by atoms with E-state index in [1.165, 1.54) is 43.4 Å². The Morgan fingerprint density at radius 2 is 1.85 bits per heavy atom. The number of benzene rings is 1. The first-order valence-electron chi connectivity index (χ1n) is 9.59. The van der Waals surface area contributed by atoms with E-state index in [0.29, 0.717) is 11.5 Å². The Labute approximate surface area is 159 Å². The molecule has 0 bridgehead atoms. The number of aromatic nitrogens is 3. The Kier molecular flexibility index (Phi) is 5.16. The zero-order valence-electron chi connectivity index (χ0n) is 15.7. The van der Waals surface area contributed by atoms with Crippen molar-refractivity contribution in [1.82, 2.24) is 19.9 Å². The van der Waals surface area contributed by atoms with Crippen molar-refractivity contribution in [2.75, 3.05) is 24.1 Å². The molecule has 0 aliphatic carbocycles. The maximum Gasteiger partial charge on any atom is 0.166 e. The third-order valence-electron chi connectivity index (χ3n) is 5.35. The van der Waals surface area contributed by atoms with Gasteiger partial charge in [0.05, 0.1) is 5.39 Å². The van der Waals surface area contributed by atoms with E-state index in [1.54, 1.807) is 6.07 Å². The SMILES string of the molecule is CC1CCN(Cc2ccccc2CNc2ncnc3nc(N)ccc23)CC1. The summed E-state index contributed by atoms with van der Waals surface area (Å²) in [4.78, 5) is 15.4. The monoisotopic (exact) mass is 362 g/mol. The van der Waals surface area contributed by atoms with Crippen molar-refractivity contribution in [3.05, 3.63) is 53.9 Å². The minimum absolute atomic E-state index is 0.466. The second-order valence-electron chi connectivity index (χ2n) is 7.41. The number of nitrogens with one attached hydrogen (secondary N) is 1. The zero-order valence-corrected chi connectivity index (χ0v) is 15.7. The van der Waals surface area contributed by atoms with Crippen molar-refractivity contribution in [2.45, 2.75) is 32.9 Å². The van der Waals surface area contributed by atoms with Crippen molar-refractivity contribution in [2.24, 2.45) is 5.92 Å². The molecule has 0 atom stereocenters. The molecule has 0 radical (unpaired) electrons. The van der Waals surface area contributed by atoms with Gasteiger partial charge in [0.25, 0.3) is 0 Å². The first-order chi connectivity index (χ1) is 13.2. The Morgan fingerprint density at radius 1 is 1.07 bits per heavy atom. The van der Waals surface area contributed by atoms with E-state index in [1.807, 2.05) is 6.07 Å². The quantitative estimate of drug-likeness (QED) is 0.724. The van der Waals surface area contributed by atoms with Gasteiger partial charge in [0, 0.05) is 13.1 Å². The molecule has 0 spiro atoms. The van der Waals surface area contributed by atoms with Gasteiger partial charge < -0.3 is 11.1 Å². The summed E-state index contributed by atoms with van der Waals surface area (Å²) in [7, 11) is 0. The first kappa shape index (κ1) is 17.7. The number of anilines is 2. The fourth-order valence-corrected chi connectivity index (χ4v) is 3.62. The second kappa shape index (κ2) is 7.88. The summed E-state index contributed by atoms with van der Waals surface area (Å²) in [5.41, 5.74) is 9.05. The summed E-state index contributed by atoms with van der Waals surface area (Å²) in [6.07, 6.45) is 4.12. The van der Waals surface area contributed by atoms with Crippen molar-refractivity contribution in [3.8, 4) is 0 Å². The number of pyridine rings is 1. The zero-order chi connectivity index (χ0) is 18.6. The molecule has 1 saturated heterocycles. The lowest BCUT2D eigenvalue weighted by molar-refractivity contribution is 0.185. The first-order valence-corrected chi connectivity index (χ1v) is 9.59. The van der Waals surface area contributed by atoms with Gasteiger partial charge in [-0.1, -0.05) is 31.2 Å². The second-order valence-corrected chi connectivity index (χ2v) is 7.41. The molecule has 3 aromatic rings. The van der Waals surface area contributed by atoms with Gasteiger partial charge >= 0.3 is 0 Å². The number of hydrogen-bond acceptors (Lipinski definition) is 6. The van der Waals surface area contributed by atoms with E-state index in [-0.39, 0.29) is 0 Å². The standard InChI is InChI=1S/C21H26N6/c1-15-8-10-27(11-9-15)13-17-5-3-2-4-16(17)12-23-20-18-6-7-19(22)26-21(18)25-14-24-20/h2-7,14-15H,8-13H2,1H3,(H3,22,23,24,25,26). The highest BCUT2D eigenvalue weighted by atomic mass is 15.1. The minimum Gasteiger partial charge on any atom is -0.384 e. The van der Waals surface area contributed by atoms with Crippen LogP contribution >= 0.6 is 0 Å². The van der Waals surface area contributed by atoms with E-state index in [4.69, 9.17) is 5.73 Å². The van der Waals surface area contributed by atoms with Crippen LogP contribution in [0.15, 0.2) is 42.7 Å². The van der Waals surface area contributed by atoms with Crippen LogP contribution < -0.4 is 11.1 Å². The Balaban J connectivity index is 1.49. The van der Waals surface area contributed by atoms with Crippen LogP contribution in [-0.4, -0.2) is 32.9 Å². The third-order valence-corrected chi connectivity index (χ3v) is 5.35. The Bertz CT molecular complexity index is 917. The van der Waals surface area contributed by atoms with Gasteiger partial charge in [0.2, 0.25) is 0 Å². The van der Waals surface area contributed by atoms with Crippen LogP contribution in [0.1, 0.15) is 30.9 Å². The van der Waals surface area contributed by atoms with Crippen LogP contribution in [-0.2, 0) is 13.1 Å². The van der Waals surface area contributed by atoms with Gasteiger partial charge in [0.15, 0.2) is 5.65 Å². The van der Waals surface area contributed by atoms with Gasteiger partial charge in [-0.25, -0.2) is 15.0 Å². The van der Waals surface area contributed by atoms with E-state index < -0.39 is 0 Å². The van der Waals surface area contributed by atoms with Crippen LogP contribution in [0.4, 0.5) is 11.6 Å². The molecule has 27 heavy (non-hydrogen) atoms. The van der Waals surface area contributed by atoms with Crippen LogP contribution in [0.3, 0.4) is 0 Å². The molecule has 3 heterocycles. The lowest BCUT2D eigenvalue weighted by Gasteiger charge is -2.30. The van der Waals surface area contributed by atoms with E-state index >= 15 is 0 Å². The topological polar surface area (TPSA) is 80.0 Å². The molecule has 4 rings (SSSR count). The average molecular weight is 362 g/mol. The molecule has 0 unspecified atom stereocenters. The summed E-state index contributed by atoms with van der Waals surface area (Å²) >= 11 is 0. The molecule has 0 amide bonds. The number of fused-ring (bicyclic) bond motifs is 1. The fourth-order valence-electron chi connectivity index (χ4n) is 3.62. The molecule has 2 aromatic heterocycles. The molecular formula is C21H26N6. The van der Waals surface area contributed by atoms with Crippen LogP contribution in [0.2, 0.25) is 0 Å². The van der Waals surface area contributed by atoms with E-state index in [0.717, 1.165) is 30.2 Å². The van der Waals surface area contributed by atoms with Gasteiger partial charge in [-0.3, -0.25) is 4.90 Å². The Morgan fingerprint density at radius 3 is 2.67 bits per heavy atom. The van der Waals surface area contributed by atoms with Crippen molar-refractivity contribution < 1.29 is 0 Å². The van der Waals surface area contributed by atoms with E-state index in [9.17, 15) is 0 Å². The molecule has 1 aliphatic heterocycles. The predicted molar refractivity (Wildman–Crippen MR) is 109 cm³/mol. The summed E-state index contributed by atoms with van der Waals surface area (Å²) in [5.74, 6) is 2.11.